The summed E-state index contributed by atoms with van der Waals surface area (Å²) in [6, 6.07) is 0. The summed E-state index contributed by atoms with van der Waals surface area (Å²) in [5, 5.41) is 17.2. The summed E-state index contributed by atoms with van der Waals surface area (Å²) in [6.07, 6.45) is -0.849. The van der Waals surface area contributed by atoms with Gasteiger partial charge >= 0.3 is 0 Å². The van der Waals surface area contributed by atoms with Crippen molar-refractivity contribution >= 4 is 16.9 Å². The van der Waals surface area contributed by atoms with E-state index in [0.29, 0.717) is 5.57 Å². The first-order valence-electron chi connectivity index (χ1n) is 3.64. The lowest BCUT2D eigenvalue weighted by Crippen LogP contribution is -2.25. The van der Waals surface area contributed by atoms with Crippen molar-refractivity contribution < 1.29 is 15.0 Å². The molecule has 0 fully saturated rings. The van der Waals surface area contributed by atoms with Crippen molar-refractivity contribution in [2.24, 2.45) is 0 Å². The minimum atomic E-state index is -0.849. The molecule has 0 aromatic heterocycles. The Morgan fingerprint density at radius 1 is 1.67 bits per heavy atom. The van der Waals surface area contributed by atoms with Crippen LogP contribution in [0.5, 0.6) is 0 Å². The monoisotopic (exact) mass is 190 g/mol. The van der Waals surface area contributed by atoms with Gasteiger partial charge in [0.25, 0.3) is 0 Å². The van der Waals surface area contributed by atoms with Crippen LogP contribution < -0.4 is 0 Å². The molecule has 0 saturated heterocycles. The van der Waals surface area contributed by atoms with Crippen molar-refractivity contribution in [2.75, 3.05) is 6.61 Å². The minimum absolute atomic E-state index is 0.144. The summed E-state index contributed by atoms with van der Waals surface area (Å²) in [5.41, 5.74) is 0.456. The molecule has 0 saturated carbocycles. The number of hydrogen-bond donors (Lipinski definition) is 2. The topological polar surface area (TPSA) is 57.5 Å². The Bertz CT molecular complexity index is 179. The standard InChI is InChI=1S/C8H14O3S/c1-5(2)8(11)12-6(3)7(10)4-9/h6-7,9-10H,1,4H2,2-3H3. The molecule has 0 spiro atoms. The van der Waals surface area contributed by atoms with E-state index in [4.69, 9.17) is 10.2 Å². The van der Waals surface area contributed by atoms with Gasteiger partial charge in [-0.1, -0.05) is 25.3 Å². The molecule has 3 nitrogen and oxygen atoms in total. The first kappa shape index (κ1) is 11.7. The van der Waals surface area contributed by atoms with Gasteiger partial charge in [0, 0.05) is 5.25 Å². The smallest absolute Gasteiger partial charge is 0.214 e. The molecule has 2 atom stereocenters. The van der Waals surface area contributed by atoms with Crippen LogP contribution in [-0.4, -0.2) is 33.3 Å². The quantitative estimate of drug-likeness (QED) is 0.636. The van der Waals surface area contributed by atoms with Crippen LogP contribution in [0.4, 0.5) is 0 Å². The first-order valence-corrected chi connectivity index (χ1v) is 4.52. The van der Waals surface area contributed by atoms with E-state index in [-0.39, 0.29) is 17.0 Å². The second-order valence-corrected chi connectivity index (χ2v) is 3.99. The van der Waals surface area contributed by atoms with Gasteiger partial charge in [-0.3, -0.25) is 4.79 Å². The summed E-state index contributed by atoms with van der Waals surface area (Å²) in [6.45, 7) is 6.46. The van der Waals surface area contributed by atoms with Crippen LogP contribution in [0.25, 0.3) is 0 Å². The van der Waals surface area contributed by atoms with Gasteiger partial charge in [0.1, 0.15) is 0 Å². The second-order valence-electron chi connectivity index (χ2n) is 2.64. The predicted molar refractivity (Wildman–Crippen MR) is 50.0 cm³/mol. The molecule has 70 valence electrons. The van der Waals surface area contributed by atoms with Gasteiger partial charge in [-0.15, -0.1) is 0 Å². The minimum Gasteiger partial charge on any atom is -0.394 e. The van der Waals surface area contributed by atoms with Crippen molar-refractivity contribution in [1.82, 2.24) is 0 Å². The van der Waals surface area contributed by atoms with Crippen molar-refractivity contribution in [3.05, 3.63) is 12.2 Å². The van der Waals surface area contributed by atoms with E-state index in [1.165, 1.54) is 0 Å². The lowest BCUT2D eigenvalue weighted by molar-refractivity contribution is -0.107. The van der Waals surface area contributed by atoms with E-state index in [1.54, 1.807) is 13.8 Å². The van der Waals surface area contributed by atoms with Crippen LogP contribution in [0.1, 0.15) is 13.8 Å². The van der Waals surface area contributed by atoms with Gasteiger partial charge < -0.3 is 10.2 Å². The normalized spacial score (nSPS) is 15.3. The average molecular weight is 190 g/mol. The predicted octanol–water partition coefficient (Wildman–Crippen LogP) is 0.564. The highest BCUT2D eigenvalue weighted by molar-refractivity contribution is 8.14. The highest BCUT2D eigenvalue weighted by atomic mass is 32.2. The maximum atomic E-state index is 11.0. The molecule has 0 aliphatic heterocycles. The highest BCUT2D eigenvalue weighted by Gasteiger charge is 2.17. The van der Waals surface area contributed by atoms with Gasteiger partial charge in [0.15, 0.2) is 0 Å². The Balaban J connectivity index is 3.92. The molecule has 2 unspecified atom stereocenters. The summed E-state index contributed by atoms with van der Waals surface area (Å²) < 4.78 is 0. The zero-order chi connectivity index (χ0) is 9.72. The second kappa shape index (κ2) is 5.35. The van der Waals surface area contributed by atoms with E-state index < -0.39 is 6.10 Å². The van der Waals surface area contributed by atoms with Gasteiger partial charge in [-0.25, -0.2) is 0 Å². The van der Waals surface area contributed by atoms with Crippen molar-refractivity contribution in [1.29, 1.82) is 0 Å². The molecule has 0 aliphatic carbocycles. The lowest BCUT2D eigenvalue weighted by Gasteiger charge is -2.14. The van der Waals surface area contributed by atoms with E-state index in [2.05, 4.69) is 6.58 Å². The van der Waals surface area contributed by atoms with E-state index in [9.17, 15) is 4.79 Å². The van der Waals surface area contributed by atoms with E-state index >= 15 is 0 Å². The lowest BCUT2D eigenvalue weighted by atomic mass is 10.3. The third kappa shape index (κ3) is 3.90. The third-order valence-corrected chi connectivity index (χ3v) is 2.62. The van der Waals surface area contributed by atoms with Crippen molar-refractivity contribution in [3.8, 4) is 0 Å². The summed E-state index contributed by atoms with van der Waals surface area (Å²) in [4.78, 5) is 11.0. The molecule has 0 aromatic rings. The number of aliphatic hydroxyl groups excluding tert-OH is 2. The molecule has 0 rings (SSSR count). The van der Waals surface area contributed by atoms with E-state index in [0.717, 1.165) is 11.8 Å². The number of thioether (sulfide) groups is 1. The fourth-order valence-corrected chi connectivity index (χ4v) is 1.28. The van der Waals surface area contributed by atoms with E-state index in [1.807, 2.05) is 0 Å². The largest absolute Gasteiger partial charge is 0.394 e. The van der Waals surface area contributed by atoms with Crippen LogP contribution in [0.2, 0.25) is 0 Å². The molecule has 12 heavy (non-hydrogen) atoms. The fraction of sp³-hybridized carbons (Fsp3) is 0.625. The average Bonchev–Trinajstić information content (AvgIpc) is 2.02. The molecule has 0 aromatic carbocycles. The van der Waals surface area contributed by atoms with Crippen LogP contribution in [0, 0.1) is 0 Å². The zero-order valence-electron chi connectivity index (χ0n) is 7.28. The Hall–Kier alpha value is -0.320. The highest BCUT2D eigenvalue weighted by Crippen LogP contribution is 2.18. The summed E-state index contributed by atoms with van der Waals surface area (Å²) >= 11 is 0.992. The maximum Gasteiger partial charge on any atom is 0.214 e. The molecule has 0 bridgehead atoms. The molecule has 2 N–H and O–H groups in total. The number of hydrogen-bond acceptors (Lipinski definition) is 4. The SMILES string of the molecule is C=C(C)C(=O)SC(C)C(O)CO. The molecule has 0 heterocycles. The van der Waals surface area contributed by atoms with Crippen LogP contribution in [0.3, 0.4) is 0 Å². The van der Waals surface area contributed by atoms with Crippen molar-refractivity contribution in [2.45, 2.75) is 25.2 Å². The Morgan fingerprint density at radius 2 is 2.17 bits per heavy atom. The van der Waals surface area contributed by atoms with Crippen LogP contribution in [-0.2, 0) is 4.79 Å². The number of aliphatic hydroxyl groups is 2. The van der Waals surface area contributed by atoms with Crippen LogP contribution >= 0.6 is 11.8 Å². The maximum absolute atomic E-state index is 11.0. The number of rotatable bonds is 4. The van der Waals surface area contributed by atoms with Gasteiger partial charge in [-0.05, 0) is 12.5 Å². The molecular weight excluding hydrogens is 176 g/mol. The third-order valence-electron chi connectivity index (χ3n) is 1.37. The molecule has 0 radical (unpaired) electrons. The molecule has 0 aliphatic rings. The molecular formula is C8H14O3S. The Kier molecular flexibility index (Phi) is 5.20. The van der Waals surface area contributed by atoms with Gasteiger partial charge in [-0.2, -0.15) is 0 Å². The molecule has 4 heteroatoms. The van der Waals surface area contributed by atoms with Gasteiger partial charge in [0.05, 0.1) is 12.7 Å². The fourth-order valence-electron chi connectivity index (χ4n) is 0.496. The first-order chi connectivity index (χ1) is 5.49. The Morgan fingerprint density at radius 3 is 2.50 bits per heavy atom. The summed E-state index contributed by atoms with van der Waals surface area (Å²) in [5.74, 6) is 0. The molecule has 0 amide bonds. The van der Waals surface area contributed by atoms with Gasteiger partial charge in [0.2, 0.25) is 5.12 Å². The number of carbonyl (C=O) groups excluding carboxylic acids is 1. The summed E-state index contributed by atoms with van der Waals surface area (Å²) in [7, 11) is 0. The zero-order valence-corrected chi connectivity index (χ0v) is 8.10. The van der Waals surface area contributed by atoms with Crippen molar-refractivity contribution in [3.63, 3.8) is 0 Å². The van der Waals surface area contributed by atoms with Crippen LogP contribution in [0.15, 0.2) is 12.2 Å². The number of carbonyl (C=O) groups is 1. The Labute approximate surface area is 76.5 Å².